The average Bonchev–Trinajstić information content (AvgIpc) is 2.84. The topological polar surface area (TPSA) is 94.2 Å². The molecule has 1 aliphatic rings. The van der Waals surface area contributed by atoms with E-state index in [1.807, 2.05) is 12.1 Å². The van der Waals surface area contributed by atoms with Crippen LogP contribution in [-0.2, 0) is 26.1 Å². The summed E-state index contributed by atoms with van der Waals surface area (Å²) < 4.78 is 41.8. The predicted octanol–water partition coefficient (Wildman–Crippen LogP) is 4.97. The third-order valence-electron chi connectivity index (χ3n) is 5.97. The third-order valence-corrected chi connectivity index (χ3v) is 7.98. The molecule has 11 heteroatoms. The van der Waals surface area contributed by atoms with Crippen molar-refractivity contribution in [2.75, 3.05) is 33.1 Å². The lowest BCUT2D eigenvalue weighted by molar-refractivity contribution is -0.128. The van der Waals surface area contributed by atoms with E-state index in [0.717, 1.165) is 11.3 Å². The van der Waals surface area contributed by atoms with Gasteiger partial charge in [0.1, 0.15) is 18.1 Å². The molecule has 1 saturated heterocycles. The van der Waals surface area contributed by atoms with E-state index in [1.165, 1.54) is 10.6 Å². The summed E-state index contributed by atoms with van der Waals surface area (Å²) in [5.74, 6) is 1.57. The lowest BCUT2D eigenvalue weighted by Crippen LogP contribution is -2.41. The van der Waals surface area contributed by atoms with Crippen molar-refractivity contribution in [2.45, 2.75) is 45.3 Å². The fourth-order valence-electron chi connectivity index (χ4n) is 3.92. The molecule has 1 N–H and O–H groups in total. The Kier molecular flexibility index (Phi) is 9.88. The molecule has 0 radical (unpaired) electrons. The fourth-order valence-corrected chi connectivity index (χ4v) is 5.31. The number of methoxy groups -OCH3 is 1. The van der Waals surface area contributed by atoms with E-state index in [4.69, 9.17) is 37.4 Å². The number of hydrogen-bond acceptors (Lipinski definition) is 6. The Balaban J connectivity index is 1.58. The lowest BCUT2D eigenvalue weighted by atomic mass is 10.0. The number of nitrogens with zero attached hydrogens (tertiary/aromatic N) is 1. The van der Waals surface area contributed by atoms with Gasteiger partial charge in [0.25, 0.3) is 0 Å². The summed E-state index contributed by atoms with van der Waals surface area (Å²) in [6.45, 7) is 4.95. The molecule has 0 aromatic heterocycles. The van der Waals surface area contributed by atoms with Gasteiger partial charge in [-0.1, -0.05) is 43.1 Å². The predicted molar refractivity (Wildman–Crippen MR) is 141 cm³/mol. The van der Waals surface area contributed by atoms with Gasteiger partial charge in [0, 0.05) is 25.2 Å². The van der Waals surface area contributed by atoms with Crippen LogP contribution in [0.5, 0.6) is 17.2 Å². The van der Waals surface area contributed by atoms with E-state index in [0.29, 0.717) is 53.0 Å². The maximum atomic E-state index is 12.3. The van der Waals surface area contributed by atoms with E-state index < -0.39 is 10.0 Å². The van der Waals surface area contributed by atoms with Crippen LogP contribution in [0.4, 0.5) is 0 Å². The van der Waals surface area contributed by atoms with E-state index in [9.17, 15) is 13.2 Å². The molecule has 0 aliphatic carbocycles. The first-order valence-electron chi connectivity index (χ1n) is 11.7. The van der Waals surface area contributed by atoms with Crippen LogP contribution in [0.3, 0.4) is 0 Å². The number of ether oxygens (including phenoxy) is 3. The van der Waals surface area contributed by atoms with Crippen LogP contribution in [0.2, 0.25) is 10.0 Å². The van der Waals surface area contributed by atoms with Gasteiger partial charge in [0.2, 0.25) is 15.9 Å². The third kappa shape index (κ3) is 7.49. The quantitative estimate of drug-likeness (QED) is 0.442. The highest BCUT2D eigenvalue weighted by Crippen LogP contribution is 2.40. The standard InChI is InChI=1S/C25H32Cl2N2O6S/c1-16(2)20-13-19(6-8-22(20)33-3)35-25-21(26)7-5-17(24(25)27)14-28-23(30)15-34-18-9-11-29(12-10-18)36(4,31)32/h5-8,13,16,18H,9-12,14-15H2,1-4H3,(H,28,30). The highest BCUT2D eigenvalue weighted by atomic mass is 35.5. The molecular weight excluding hydrogens is 527 g/mol. The lowest BCUT2D eigenvalue weighted by Gasteiger charge is -2.29. The molecular formula is C25H32Cl2N2O6S. The first-order chi connectivity index (χ1) is 17.0. The normalized spacial score (nSPS) is 15.2. The number of nitrogens with one attached hydrogen (secondary N) is 1. The number of halogens is 2. The summed E-state index contributed by atoms with van der Waals surface area (Å²) in [6.07, 6.45) is 2.13. The van der Waals surface area contributed by atoms with Crippen LogP contribution in [0, 0.1) is 0 Å². The number of amides is 1. The SMILES string of the molecule is COc1ccc(Oc2c(Cl)ccc(CNC(=O)COC3CCN(S(C)(=O)=O)CC3)c2Cl)cc1C(C)C. The van der Waals surface area contributed by atoms with Gasteiger partial charge < -0.3 is 19.5 Å². The van der Waals surface area contributed by atoms with Crippen LogP contribution in [0.1, 0.15) is 43.7 Å². The van der Waals surface area contributed by atoms with Crippen molar-refractivity contribution in [1.29, 1.82) is 0 Å². The Labute approximate surface area is 222 Å². The maximum absolute atomic E-state index is 12.3. The molecule has 0 bridgehead atoms. The van der Waals surface area contributed by atoms with Gasteiger partial charge >= 0.3 is 0 Å². The van der Waals surface area contributed by atoms with E-state index >= 15 is 0 Å². The van der Waals surface area contributed by atoms with Crippen molar-refractivity contribution in [3.8, 4) is 17.2 Å². The van der Waals surface area contributed by atoms with Crippen LogP contribution >= 0.6 is 23.2 Å². The Hall–Kier alpha value is -2.04. The van der Waals surface area contributed by atoms with E-state index in [2.05, 4.69) is 19.2 Å². The van der Waals surface area contributed by atoms with Crippen molar-refractivity contribution in [2.24, 2.45) is 0 Å². The number of carbonyl (C=O) groups excluding carboxylic acids is 1. The second-order valence-corrected chi connectivity index (χ2v) is 11.7. The zero-order chi connectivity index (χ0) is 26.5. The second-order valence-electron chi connectivity index (χ2n) is 8.96. The first kappa shape index (κ1) is 28.5. The summed E-state index contributed by atoms with van der Waals surface area (Å²) in [5.41, 5.74) is 1.64. The zero-order valence-electron chi connectivity index (χ0n) is 20.8. The minimum atomic E-state index is -3.20. The van der Waals surface area contributed by atoms with E-state index in [-0.39, 0.29) is 31.1 Å². The number of benzene rings is 2. The van der Waals surface area contributed by atoms with Gasteiger partial charge in [-0.25, -0.2) is 12.7 Å². The van der Waals surface area contributed by atoms with Crippen molar-refractivity contribution < 1.29 is 27.4 Å². The summed E-state index contributed by atoms with van der Waals surface area (Å²) >= 11 is 13.0. The Morgan fingerprint density at radius 2 is 1.86 bits per heavy atom. The smallest absolute Gasteiger partial charge is 0.246 e. The van der Waals surface area contributed by atoms with Gasteiger partial charge in [-0.15, -0.1) is 0 Å². The van der Waals surface area contributed by atoms with Crippen LogP contribution in [0.25, 0.3) is 0 Å². The summed E-state index contributed by atoms with van der Waals surface area (Å²) in [5, 5.41) is 3.44. The molecule has 1 aliphatic heterocycles. The summed E-state index contributed by atoms with van der Waals surface area (Å²) in [6, 6.07) is 8.91. The molecule has 1 fully saturated rings. The largest absolute Gasteiger partial charge is 0.496 e. The van der Waals surface area contributed by atoms with Crippen LogP contribution < -0.4 is 14.8 Å². The number of carbonyl (C=O) groups is 1. The van der Waals surface area contributed by atoms with Crippen molar-refractivity contribution in [1.82, 2.24) is 9.62 Å². The summed E-state index contributed by atoms with van der Waals surface area (Å²) in [4.78, 5) is 12.3. The van der Waals surface area contributed by atoms with Crippen molar-refractivity contribution in [3.05, 3.63) is 51.5 Å². The molecule has 1 amide bonds. The average molecular weight is 560 g/mol. The van der Waals surface area contributed by atoms with Crippen LogP contribution in [-0.4, -0.2) is 57.8 Å². The highest BCUT2D eigenvalue weighted by molar-refractivity contribution is 7.88. The van der Waals surface area contributed by atoms with Gasteiger partial charge in [-0.2, -0.15) is 0 Å². The zero-order valence-corrected chi connectivity index (χ0v) is 23.2. The number of sulfonamides is 1. The molecule has 3 rings (SSSR count). The van der Waals surface area contributed by atoms with Gasteiger partial charge in [0.15, 0.2) is 5.75 Å². The number of rotatable bonds is 10. The van der Waals surface area contributed by atoms with Crippen molar-refractivity contribution >= 4 is 39.1 Å². The molecule has 0 spiro atoms. The van der Waals surface area contributed by atoms with E-state index in [1.54, 1.807) is 25.3 Å². The Morgan fingerprint density at radius 1 is 1.17 bits per heavy atom. The van der Waals surface area contributed by atoms with Gasteiger partial charge in [-0.05, 0) is 48.6 Å². The Bertz CT molecular complexity index is 1180. The molecule has 198 valence electrons. The number of piperidine rings is 1. The molecule has 8 nitrogen and oxygen atoms in total. The molecule has 0 atom stereocenters. The van der Waals surface area contributed by atoms with Gasteiger partial charge in [-0.3, -0.25) is 4.79 Å². The molecule has 0 saturated carbocycles. The summed E-state index contributed by atoms with van der Waals surface area (Å²) in [7, 11) is -1.57. The molecule has 1 heterocycles. The first-order valence-corrected chi connectivity index (χ1v) is 14.3. The molecule has 0 unspecified atom stereocenters. The highest BCUT2D eigenvalue weighted by Gasteiger charge is 2.25. The Morgan fingerprint density at radius 3 is 2.47 bits per heavy atom. The molecule has 36 heavy (non-hydrogen) atoms. The minimum Gasteiger partial charge on any atom is -0.496 e. The van der Waals surface area contributed by atoms with Gasteiger partial charge in [0.05, 0.1) is 29.5 Å². The van der Waals surface area contributed by atoms with Crippen LogP contribution in [0.15, 0.2) is 30.3 Å². The molecule has 2 aromatic rings. The molecule has 2 aromatic carbocycles. The monoisotopic (exact) mass is 558 g/mol. The maximum Gasteiger partial charge on any atom is 0.246 e. The number of hydrogen-bond donors (Lipinski definition) is 1. The second kappa shape index (κ2) is 12.5. The minimum absolute atomic E-state index is 0.123. The fraction of sp³-hybridized carbons (Fsp3) is 0.480. The van der Waals surface area contributed by atoms with Crippen molar-refractivity contribution in [3.63, 3.8) is 0 Å².